The first-order valence-corrected chi connectivity index (χ1v) is 9.62. The maximum Gasteiger partial charge on any atom is 0.228 e. The molecule has 130 valence electrons. The summed E-state index contributed by atoms with van der Waals surface area (Å²) in [6, 6.07) is 8.10. The Kier molecular flexibility index (Phi) is 5.28. The average molecular weight is 393 g/mol. The Morgan fingerprint density at radius 3 is 2.67 bits per heavy atom. The van der Waals surface area contributed by atoms with Gasteiger partial charge in [0.1, 0.15) is 0 Å². The van der Waals surface area contributed by atoms with Crippen molar-refractivity contribution in [3.05, 3.63) is 28.7 Å². The molecule has 1 aromatic carbocycles. The minimum atomic E-state index is -0.211. The number of anilines is 1. The lowest BCUT2D eigenvalue weighted by atomic mass is 10.1. The van der Waals surface area contributed by atoms with Gasteiger partial charge in [0.25, 0.3) is 0 Å². The highest BCUT2D eigenvalue weighted by Crippen LogP contribution is 2.34. The Balaban J connectivity index is 1.70. The molecule has 0 bridgehead atoms. The lowest BCUT2D eigenvalue weighted by molar-refractivity contribution is -0.136. The standard InChI is InChI=1S/C19H25BrN2O2/c1-13(2)9-10-21(15-7-8-15)19(24)14-11-18(23)22(12-14)17-6-4-3-5-16(17)20/h3-6,13-15H,7-12H2,1-2H3. The molecule has 2 amide bonds. The molecule has 0 aromatic heterocycles. The largest absolute Gasteiger partial charge is 0.339 e. The van der Waals surface area contributed by atoms with E-state index in [1.807, 2.05) is 29.2 Å². The van der Waals surface area contributed by atoms with E-state index in [9.17, 15) is 9.59 Å². The van der Waals surface area contributed by atoms with Crippen LogP contribution in [0.1, 0.15) is 39.5 Å². The number of hydrogen-bond donors (Lipinski definition) is 0. The van der Waals surface area contributed by atoms with E-state index in [0.29, 0.717) is 24.9 Å². The van der Waals surface area contributed by atoms with Gasteiger partial charge in [0.15, 0.2) is 0 Å². The molecule has 1 aliphatic heterocycles. The van der Waals surface area contributed by atoms with E-state index in [-0.39, 0.29) is 17.7 Å². The topological polar surface area (TPSA) is 40.6 Å². The molecule has 0 N–H and O–H groups in total. The van der Waals surface area contributed by atoms with Gasteiger partial charge in [0.05, 0.1) is 11.6 Å². The van der Waals surface area contributed by atoms with Gasteiger partial charge in [-0.1, -0.05) is 26.0 Å². The van der Waals surface area contributed by atoms with Gasteiger partial charge in [-0.3, -0.25) is 9.59 Å². The van der Waals surface area contributed by atoms with Crippen LogP contribution in [-0.4, -0.2) is 35.8 Å². The fourth-order valence-corrected chi connectivity index (χ4v) is 3.77. The second-order valence-electron chi connectivity index (χ2n) is 7.30. The van der Waals surface area contributed by atoms with Crippen molar-refractivity contribution < 1.29 is 9.59 Å². The summed E-state index contributed by atoms with van der Waals surface area (Å²) < 4.78 is 0.894. The zero-order valence-corrected chi connectivity index (χ0v) is 16.0. The summed E-state index contributed by atoms with van der Waals surface area (Å²) in [6.45, 7) is 5.68. The first-order chi connectivity index (χ1) is 11.5. The number of carbonyl (C=O) groups is 2. The van der Waals surface area contributed by atoms with E-state index in [2.05, 4.69) is 29.8 Å². The molecule has 1 unspecified atom stereocenters. The molecule has 0 spiro atoms. The van der Waals surface area contributed by atoms with Crippen molar-refractivity contribution in [2.45, 2.75) is 45.6 Å². The van der Waals surface area contributed by atoms with E-state index in [4.69, 9.17) is 0 Å². The van der Waals surface area contributed by atoms with E-state index >= 15 is 0 Å². The monoisotopic (exact) mass is 392 g/mol. The molecule has 1 saturated carbocycles. The van der Waals surface area contributed by atoms with Crippen LogP contribution in [0.3, 0.4) is 0 Å². The molecule has 1 heterocycles. The van der Waals surface area contributed by atoms with Crippen molar-refractivity contribution in [1.29, 1.82) is 0 Å². The maximum atomic E-state index is 13.0. The second kappa shape index (κ2) is 7.26. The van der Waals surface area contributed by atoms with Crippen LogP contribution in [-0.2, 0) is 9.59 Å². The van der Waals surface area contributed by atoms with Crippen LogP contribution >= 0.6 is 15.9 Å². The van der Waals surface area contributed by atoms with Crippen LogP contribution < -0.4 is 4.90 Å². The van der Waals surface area contributed by atoms with Crippen molar-refractivity contribution in [3.8, 4) is 0 Å². The Labute approximate surface area is 152 Å². The van der Waals surface area contributed by atoms with Crippen LogP contribution in [0.15, 0.2) is 28.7 Å². The minimum absolute atomic E-state index is 0.0415. The molecule has 5 heteroatoms. The van der Waals surface area contributed by atoms with Crippen LogP contribution in [0.4, 0.5) is 5.69 Å². The SMILES string of the molecule is CC(C)CCN(C(=O)C1CC(=O)N(c2ccccc2Br)C1)C1CC1. The quantitative estimate of drug-likeness (QED) is 0.737. The summed E-state index contributed by atoms with van der Waals surface area (Å²) in [7, 11) is 0. The smallest absolute Gasteiger partial charge is 0.228 e. The third-order valence-corrected chi connectivity index (χ3v) is 5.51. The van der Waals surface area contributed by atoms with Crippen molar-refractivity contribution >= 4 is 33.4 Å². The van der Waals surface area contributed by atoms with Gasteiger partial charge >= 0.3 is 0 Å². The molecule has 2 fully saturated rings. The van der Waals surface area contributed by atoms with Crippen molar-refractivity contribution in [1.82, 2.24) is 4.90 Å². The molecule has 24 heavy (non-hydrogen) atoms. The number of halogens is 1. The number of nitrogens with zero attached hydrogens (tertiary/aromatic N) is 2. The summed E-state index contributed by atoms with van der Waals surface area (Å²) in [5.74, 6) is 0.583. The average Bonchev–Trinajstić information content (AvgIpc) is 3.30. The summed E-state index contributed by atoms with van der Waals surface area (Å²) in [5, 5.41) is 0. The second-order valence-corrected chi connectivity index (χ2v) is 8.16. The number of para-hydroxylation sites is 1. The molecule has 4 nitrogen and oxygen atoms in total. The molecule has 1 saturated heterocycles. The summed E-state index contributed by atoms with van der Waals surface area (Å²) >= 11 is 3.50. The fourth-order valence-electron chi connectivity index (χ4n) is 3.27. The summed E-state index contributed by atoms with van der Waals surface area (Å²) in [4.78, 5) is 29.2. The molecule has 3 rings (SSSR count). The van der Waals surface area contributed by atoms with Crippen molar-refractivity contribution in [2.75, 3.05) is 18.0 Å². The third-order valence-electron chi connectivity index (χ3n) is 4.84. The number of hydrogen-bond acceptors (Lipinski definition) is 2. The normalized spacial score (nSPS) is 20.8. The van der Waals surface area contributed by atoms with E-state index in [0.717, 1.165) is 36.0 Å². The summed E-state index contributed by atoms with van der Waals surface area (Å²) in [5.41, 5.74) is 0.859. The van der Waals surface area contributed by atoms with Crippen LogP contribution in [0.2, 0.25) is 0 Å². The van der Waals surface area contributed by atoms with Gasteiger partial charge in [0, 0.05) is 30.0 Å². The van der Waals surface area contributed by atoms with Crippen LogP contribution in [0.25, 0.3) is 0 Å². The van der Waals surface area contributed by atoms with Gasteiger partial charge in [0.2, 0.25) is 11.8 Å². The lowest BCUT2D eigenvalue weighted by Gasteiger charge is -2.26. The molecular weight excluding hydrogens is 368 g/mol. The van der Waals surface area contributed by atoms with Crippen LogP contribution in [0, 0.1) is 11.8 Å². The minimum Gasteiger partial charge on any atom is -0.339 e. The molecule has 1 atom stereocenters. The highest BCUT2D eigenvalue weighted by Gasteiger charge is 2.41. The van der Waals surface area contributed by atoms with Gasteiger partial charge in [-0.2, -0.15) is 0 Å². The molecular formula is C19H25BrN2O2. The Bertz CT molecular complexity index is 628. The molecule has 1 aliphatic carbocycles. The molecule has 2 aliphatic rings. The maximum absolute atomic E-state index is 13.0. The van der Waals surface area contributed by atoms with Gasteiger partial charge in [-0.05, 0) is 53.2 Å². The highest BCUT2D eigenvalue weighted by molar-refractivity contribution is 9.10. The Morgan fingerprint density at radius 2 is 2.04 bits per heavy atom. The zero-order valence-electron chi connectivity index (χ0n) is 14.4. The molecule has 0 radical (unpaired) electrons. The van der Waals surface area contributed by atoms with Crippen LogP contribution in [0.5, 0.6) is 0 Å². The first kappa shape index (κ1) is 17.5. The number of rotatable bonds is 6. The van der Waals surface area contributed by atoms with E-state index in [1.165, 1.54) is 0 Å². The first-order valence-electron chi connectivity index (χ1n) is 8.82. The fraction of sp³-hybridized carbons (Fsp3) is 0.579. The molecule has 1 aromatic rings. The lowest BCUT2D eigenvalue weighted by Crippen LogP contribution is -2.40. The van der Waals surface area contributed by atoms with Crippen molar-refractivity contribution in [3.63, 3.8) is 0 Å². The Hall–Kier alpha value is -1.36. The predicted octanol–water partition coefficient (Wildman–Crippen LogP) is 3.84. The highest BCUT2D eigenvalue weighted by atomic mass is 79.9. The Morgan fingerprint density at radius 1 is 1.33 bits per heavy atom. The number of carbonyl (C=O) groups excluding carboxylic acids is 2. The van der Waals surface area contributed by atoms with E-state index < -0.39 is 0 Å². The zero-order chi connectivity index (χ0) is 17.3. The van der Waals surface area contributed by atoms with Gasteiger partial charge < -0.3 is 9.80 Å². The van der Waals surface area contributed by atoms with Gasteiger partial charge in [-0.25, -0.2) is 0 Å². The predicted molar refractivity (Wildman–Crippen MR) is 98.8 cm³/mol. The van der Waals surface area contributed by atoms with Crippen molar-refractivity contribution in [2.24, 2.45) is 11.8 Å². The van der Waals surface area contributed by atoms with E-state index in [1.54, 1.807) is 4.90 Å². The summed E-state index contributed by atoms with van der Waals surface area (Å²) in [6.07, 6.45) is 3.57. The van der Waals surface area contributed by atoms with Gasteiger partial charge in [-0.15, -0.1) is 0 Å². The number of amides is 2. The third kappa shape index (κ3) is 3.82. The number of benzene rings is 1.